The second kappa shape index (κ2) is 11.6. The number of amides is 2. The maximum Gasteiger partial charge on any atom is 0.273 e. The molecule has 0 radical (unpaired) electrons. The van der Waals surface area contributed by atoms with Crippen molar-refractivity contribution in [3.8, 4) is 17.7 Å². The summed E-state index contributed by atoms with van der Waals surface area (Å²) in [6.07, 6.45) is 7.23. The van der Waals surface area contributed by atoms with Crippen LogP contribution in [-0.4, -0.2) is 80.6 Å². The Bertz CT molecular complexity index is 1070. The first kappa shape index (κ1) is 25.1. The van der Waals surface area contributed by atoms with Gasteiger partial charge in [-0.3, -0.25) is 14.6 Å². The Balaban J connectivity index is 1.93. The number of nitrogens with zero attached hydrogens (tertiary/aromatic N) is 5. The zero-order valence-electron chi connectivity index (χ0n) is 20.1. The van der Waals surface area contributed by atoms with E-state index in [9.17, 15) is 14.7 Å². The molecule has 9 heteroatoms. The number of likely N-dealkylation sites (N-methyl/N-ethyl adjacent to an activating group) is 1. The molecule has 1 N–H and O–H groups in total. The second-order valence-electron chi connectivity index (χ2n) is 8.53. The average Bonchev–Trinajstić information content (AvgIpc) is 2.86. The molecule has 0 unspecified atom stereocenters. The lowest BCUT2D eigenvalue weighted by atomic mass is 9.99. The molecule has 0 aliphatic carbocycles. The van der Waals surface area contributed by atoms with E-state index in [4.69, 9.17) is 4.74 Å². The highest BCUT2D eigenvalue weighted by molar-refractivity contribution is 5.97. The molecule has 3 heterocycles. The third-order valence-electron chi connectivity index (χ3n) is 5.71. The molecule has 3 atom stereocenters. The van der Waals surface area contributed by atoms with E-state index >= 15 is 0 Å². The second-order valence-corrected chi connectivity index (χ2v) is 8.53. The summed E-state index contributed by atoms with van der Waals surface area (Å²) in [5.41, 5.74) is 1.16. The van der Waals surface area contributed by atoms with E-state index in [1.807, 2.05) is 13.8 Å². The number of hydrogen-bond acceptors (Lipinski definition) is 7. The van der Waals surface area contributed by atoms with Gasteiger partial charge in [0.25, 0.3) is 11.8 Å². The number of pyridine rings is 1. The van der Waals surface area contributed by atoms with Crippen LogP contribution in [0.4, 0.5) is 0 Å². The van der Waals surface area contributed by atoms with Crippen molar-refractivity contribution in [1.82, 2.24) is 24.8 Å². The highest BCUT2D eigenvalue weighted by atomic mass is 16.5. The van der Waals surface area contributed by atoms with E-state index in [1.54, 1.807) is 31.1 Å². The number of aromatic nitrogens is 3. The van der Waals surface area contributed by atoms with Gasteiger partial charge in [-0.15, -0.1) is 0 Å². The Kier molecular flexibility index (Phi) is 8.55. The van der Waals surface area contributed by atoms with Gasteiger partial charge in [-0.1, -0.05) is 25.7 Å². The van der Waals surface area contributed by atoms with Crippen LogP contribution in [0, 0.1) is 17.8 Å². The van der Waals surface area contributed by atoms with Gasteiger partial charge >= 0.3 is 0 Å². The molecule has 2 aromatic rings. The lowest BCUT2D eigenvalue weighted by molar-refractivity contribution is 0.0312. The van der Waals surface area contributed by atoms with Crippen LogP contribution in [-0.2, 0) is 0 Å². The van der Waals surface area contributed by atoms with Gasteiger partial charge in [-0.2, -0.15) is 0 Å². The molecule has 1 aliphatic heterocycles. The molecule has 2 amide bonds. The van der Waals surface area contributed by atoms with Crippen LogP contribution in [0.2, 0.25) is 0 Å². The molecule has 1 aliphatic rings. The van der Waals surface area contributed by atoms with Crippen LogP contribution in [0.3, 0.4) is 0 Å². The molecule has 0 saturated carbocycles. The van der Waals surface area contributed by atoms with Gasteiger partial charge in [-0.25, -0.2) is 9.97 Å². The van der Waals surface area contributed by atoms with Crippen molar-refractivity contribution >= 4 is 11.8 Å². The summed E-state index contributed by atoms with van der Waals surface area (Å²) in [5.74, 6) is 5.61. The number of carbonyl (C=O) groups excluding carboxylic acids is 2. The van der Waals surface area contributed by atoms with E-state index in [0.29, 0.717) is 17.7 Å². The number of aliphatic hydroxyl groups excluding tert-OH is 1. The summed E-state index contributed by atoms with van der Waals surface area (Å²) >= 11 is 0. The van der Waals surface area contributed by atoms with Crippen LogP contribution in [0.5, 0.6) is 5.88 Å². The molecular formula is C25H31N5O4. The van der Waals surface area contributed by atoms with Crippen molar-refractivity contribution in [3.05, 3.63) is 47.7 Å². The van der Waals surface area contributed by atoms with E-state index in [-0.39, 0.29) is 42.5 Å². The number of aliphatic hydroxyl groups is 1. The first-order valence-electron chi connectivity index (χ1n) is 11.4. The van der Waals surface area contributed by atoms with Gasteiger partial charge in [0.1, 0.15) is 17.4 Å². The number of carbonyl (C=O) groups is 2. The zero-order valence-corrected chi connectivity index (χ0v) is 20.1. The Morgan fingerprint density at radius 3 is 2.82 bits per heavy atom. The molecular weight excluding hydrogens is 434 g/mol. The standard InChI is InChI=1S/C25H31N5O4/c1-5-6-7-8-19-11-20-23(28-12-19)34-22(17(2)14-30(24(20)32)18(3)16-31)15-29(4)25(33)21-13-26-9-10-27-21/h9-13,17-18,22,31H,5-6,14-16H2,1-4H3/t17-,18+,22+/m0/s1. The third-order valence-corrected chi connectivity index (χ3v) is 5.71. The number of hydrogen-bond donors (Lipinski definition) is 1. The highest BCUT2D eigenvalue weighted by Crippen LogP contribution is 2.27. The highest BCUT2D eigenvalue weighted by Gasteiger charge is 2.34. The first-order valence-corrected chi connectivity index (χ1v) is 11.4. The van der Waals surface area contributed by atoms with Crippen molar-refractivity contribution < 1.29 is 19.4 Å². The van der Waals surface area contributed by atoms with Crippen LogP contribution in [0.25, 0.3) is 0 Å². The molecule has 9 nitrogen and oxygen atoms in total. The van der Waals surface area contributed by atoms with Gasteiger partial charge in [0, 0.05) is 50.1 Å². The number of ether oxygens (including phenoxy) is 1. The number of fused-ring (bicyclic) bond motifs is 1. The molecule has 0 spiro atoms. The quantitative estimate of drug-likeness (QED) is 0.650. The van der Waals surface area contributed by atoms with E-state index < -0.39 is 12.1 Å². The molecule has 3 rings (SSSR count). The fourth-order valence-corrected chi connectivity index (χ4v) is 3.64. The van der Waals surface area contributed by atoms with Gasteiger partial charge in [0.05, 0.1) is 25.4 Å². The van der Waals surface area contributed by atoms with Crippen molar-refractivity contribution in [2.24, 2.45) is 5.92 Å². The lowest BCUT2D eigenvalue weighted by Gasteiger charge is -2.37. The molecule has 0 saturated heterocycles. The SMILES string of the molecule is CCCC#Cc1cnc2c(c1)C(=O)N([C@H](C)CO)C[C@H](C)[C@@H](CN(C)C(=O)c1cnccn1)O2. The summed E-state index contributed by atoms with van der Waals surface area (Å²) in [4.78, 5) is 41.8. The number of rotatable bonds is 6. The van der Waals surface area contributed by atoms with Crippen molar-refractivity contribution in [2.75, 3.05) is 26.7 Å². The molecule has 34 heavy (non-hydrogen) atoms. The molecule has 0 bridgehead atoms. The summed E-state index contributed by atoms with van der Waals surface area (Å²) in [6.45, 7) is 6.23. The molecule has 180 valence electrons. The first-order chi connectivity index (χ1) is 16.3. The minimum atomic E-state index is -0.449. The van der Waals surface area contributed by atoms with Crippen LogP contribution in [0.1, 0.15) is 60.0 Å². The number of unbranched alkanes of at least 4 members (excludes halogenated alkanes) is 1. The zero-order chi connectivity index (χ0) is 24.7. The van der Waals surface area contributed by atoms with Crippen molar-refractivity contribution in [2.45, 2.75) is 45.8 Å². The monoisotopic (exact) mass is 465 g/mol. The van der Waals surface area contributed by atoms with Crippen molar-refractivity contribution in [1.29, 1.82) is 0 Å². The van der Waals surface area contributed by atoms with Crippen molar-refractivity contribution in [3.63, 3.8) is 0 Å². The van der Waals surface area contributed by atoms with Gasteiger partial charge < -0.3 is 19.6 Å². The smallest absolute Gasteiger partial charge is 0.273 e. The summed E-state index contributed by atoms with van der Waals surface area (Å²) in [6, 6.07) is 1.29. The maximum atomic E-state index is 13.4. The Hall–Kier alpha value is -3.51. The lowest BCUT2D eigenvalue weighted by Crippen LogP contribution is -2.50. The van der Waals surface area contributed by atoms with Crippen LogP contribution < -0.4 is 4.74 Å². The van der Waals surface area contributed by atoms with E-state index in [2.05, 4.69) is 26.8 Å². The maximum absolute atomic E-state index is 13.4. The Labute approximate surface area is 200 Å². The third kappa shape index (κ3) is 5.88. The molecule has 0 aromatic carbocycles. The summed E-state index contributed by atoms with van der Waals surface area (Å²) < 4.78 is 6.22. The van der Waals surface area contributed by atoms with Crippen LogP contribution in [0.15, 0.2) is 30.9 Å². The molecule has 2 aromatic heterocycles. The fourth-order valence-electron chi connectivity index (χ4n) is 3.64. The fraction of sp³-hybridized carbons (Fsp3) is 0.480. The topological polar surface area (TPSA) is 109 Å². The average molecular weight is 466 g/mol. The summed E-state index contributed by atoms with van der Waals surface area (Å²) in [5, 5.41) is 9.78. The normalized spacial score (nSPS) is 18.5. The van der Waals surface area contributed by atoms with E-state index in [0.717, 1.165) is 12.8 Å². The minimum Gasteiger partial charge on any atom is -0.472 e. The predicted octanol–water partition coefficient (Wildman–Crippen LogP) is 2.02. The van der Waals surface area contributed by atoms with E-state index in [1.165, 1.54) is 23.5 Å². The van der Waals surface area contributed by atoms with Gasteiger partial charge in [0.2, 0.25) is 5.88 Å². The van der Waals surface area contributed by atoms with Gasteiger partial charge in [-0.05, 0) is 19.4 Å². The van der Waals surface area contributed by atoms with Crippen LogP contribution >= 0.6 is 0 Å². The predicted molar refractivity (Wildman–Crippen MR) is 126 cm³/mol. The summed E-state index contributed by atoms with van der Waals surface area (Å²) in [7, 11) is 1.67. The molecule has 0 fully saturated rings. The Morgan fingerprint density at radius 1 is 1.35 bits per heavy atom. The van der Waals surface area contributed by atoms with Gasteiger partial charge in [0.15, 0.2) is 0 Å². The Morgan fingerprint density at radius 2 is 2.15 bits per heavy atom. The minimum absolute atomic E-state index is 0.144. The largest absolute Gasteiger partial charge is 0.472 e.